The Morgan fingerprint density at radius 2 is 2.05 bits per heavy atom. The number of nitro groups is 1. The number of benzene rings is 1. The lowest BCUT2D eigenvalue weighted by Gasteiger charge is -2.09. The first-order valence-electron chi connectivity index (χ1n) is 5.73. The van der Waals surface area contributed by atoms with E-state index < -0.39 is 4.92 Å². The van der Waals surface area contributed by atoms with Gasteiger partial charge in [0.05, 0.1) is 4.92 Å². The summed E-state index contributed by atoms with van der Waals surface area (Å²) in [5, 5.41) is 17.9. The highest BCUT2D eigenvalue weighted by Crippen LogP contribution is 2.18. The summed E-state index contributed by atoms with van der Waals surface area (Å²) in [6.07, 6.45) is 1.55. The van der Waals surface area contributed by atoms with Crippen molar-refractivity contribution >= 4 is 11.5 Å². The second-order valence-electron chi connectivity index (χ2n) is 3.96. The van der Waals surface area contributed by atoms with Crippen LogP contribution >= 0.6 is 0 Å². The Balaban J connectivity index is 2.09. The lowest BCUT2D eigenvalue weighted by Crippen LogP contribution is -2.16. The van der Waals surface area contributed by atoms with Crippen molar-refractivity contribution in [2.75, 3.05) is 0 Å². The van der Waals surface area contributed by atoms with E-state index >= 15 is 0 Å². The van der Waals surface area contributed by atoms with Gasteiger partial charge in [-0.25, -0.2) is 0 Å². The molecule has 0 atom stereocenters. The molecule has 0 saturated heterocycles. The Hall–Kier alpha value is -2.96. The Kier molecular flexibility index (Phi) is 3.90. The van der Waals surface area contributed by atoms with Crippen LogP contribution in [-0.2, 0) is 6.61 Å². The summed E-state index contributed by atoms with van der Waals surface area (Å²) in [6, 6.07) is 9.24. The van der Waals surface area contributed by atoms with Crippen molar-refractivity contribution in [3.8, 4) is 5.75 Å². The maximum atomic E-state index is 10.5. The van der Waals surface area contributed by atoms with E-state index in [1.165, 1.54) is 24.3 Å². The maximum absolute atomic E-state index is 10.5. The molecule has 0 bridgehead atoms. The molecule has 0 aliphatic carbocycles. The highest BCUT2D eigenvalue weighted by molar-refractivity contribution is 5.94. The Bertz CT molecular complexity index is 640. The van der Waals surface area contributed by atoms with E-state index in [1.807, 2.05) is 0 Å². The minimum Gasteiger partial charge on any atom is -0.489 e. The number of hydrogen-bond acceptors (Lipinski definition) is 5. The van der Waals surface area contributed by atoms with Gasteiger partial charge in [0.15, 0.2) is 0 Å². The third-order valence-electron chi connectivity index (χ3n) is 2.59. The first kappa shape index (κ1) is 13.5. The molecule has 0 radical (unpaired) electrons. The highest BCUT2D eigenvalue weighted by Gasteiger charge is 2.08. The summed E-state index contributed by atoms with van der Waals surface area (Å²) in [5.74, 6) is 0.363. The van der Waals surface area contributed by atoms with E-state index in [0.29, 0.717) is 17.0 Å². The minimum atomic E-state index is -0.473. The molecule has 2 aromatic rings. The summed E-state index contributed by atoms with van der Waals surface area (Å²) >= 11 is 0. The smallest absolute Gasteiger partial charge is 0.269 e. The number of nitrogen functional groups attached to an aromatic ring is 1. The third kappa shape index (κ3) is 3.08. The molecule has 20 heavy (non-hydrogen) atoms. The van der Waals surface area contributed by atoms with E-state index in [1.54, 1.807) is 18.3 Å². The fourth-order valence-electron chi connectivity index (χ4n) is 1.62. The van der Waals surface area contributed by atoms with E-state index in [9.17, 15) is 10.1 Å². The number of nitrogens with zero attached hydrogens (tertiary/aromatic N) is 2. The molecule has 0 aliphatic rings. The van der Waals surface area contributed by atoms with Crippen molar-refractivity contribution in [1.29, 1.82) is 5.41 Å². The molecule has 0 aliphatic heterocycles. The van der Waals surface area contributed by atoms with Gasteiger partial charge in [-0.2, -0.15) is 0 Å². The lowest BCUT2D eigenvalue weighted by molar-refractivity contribution is -0.384. The number of ether oxygens (including phenoxy) is 1. The van der Waals surface area contributed by atoms with Crippen LogP contribution in [0.1, 0.15) is 11.3 Å². The van der Waals surface area contributed by atoms with Gasteiger partial charge in [-0.3, -0.25) is 20.5 Å². The van der Waals surface area contributed by atoms with Crippen LogP contribution < -0.4 is 10.5 Å². The molecule has 7 heteroatoms. The molecule has 102 valence electrons. The van der Waals surface area contributed by atoms with Gasteiger partial charge in [-0.05, 0) is 18.2 Å². The fraction of sp³-hybridized carbons (Fsp3) is 0.0769. The van der Waals surface area contributed by atoms with E-state index in [-0.39, 0.29) is 18.1 Å². The SMILES string of the molecule is N=C(N)c1ncccc1COc1ccc([N+](=O)[O-])cc1. The van der Waals surface area contributed by atoms with E-state index in [2.05, 4.69) is 4.98 Å². The topological polar surface area (TPSA) is 115 Å². The van der Waals surface area contributed by atoms with Crippen molar-refractivity contribution in [3.05, 3.63) is 64.0 Å². The van der Waals surface area contributed by atoms with Gasteiger partial charge >= 0.3 is 0 Å². The summed E-state index contributed by atoms with van der Waals surface area (Å²) in [5.41, 5.74) is 6.48. The first-order valence-corrected chi connectivity index (χ1v) is 5.73. The van der Waals surface area contributed by atoms with Crippen LogP contribution in [0, 0.1) is 15.5 Å². The van der Waals surface area contributed by atoms with Crippen molar-refractivity contribution in [1.82, 2.24) is 4.98 Å². The van der Waals surface area contributed by atoms with Gasteiger partial charge in [-0.15, -0.1) is 0 Å². The van der Waals surface area contributed by atoms with Gasteiger partial charge in [0.25, 0.3) is 5.69 Å². The summed E-state index contributed by atoms with van der Waals surface area (Å²) in [6.45, 7) is 0.181. The van der Waals surface area contributed by atoms with E-state index in [0.717, 1.165) is 0 Å². The van der Waals surface area contributed by atoms with Crippen molar-refractivity contribution in [2.24, 2.45) is 5.73 Å². The van der Waals surface area contributed by atoms with E-state index in [4.69, 9.17) is 15.9 Å². The average Bonchev–Trinajstić information content (AvgIpc) is 2.45. The van der Waals surface area contributed by atoms with Crippen molar-refractivity contribution < 1.29 is 9.66 Å². The summed E-state index contributed by atoms with van der Waals surface area (Å²) < 4.78 is 5.50. The molecular formula is C13H12N4O3. The normalized spacial score (nSPS) is 10.0. The van der Waals surface area contributed by atoms with Crippen LogP contribution in [0.2, 0.25) is 0 Å². The van der Waals surface area contributed by atoms with Crippen LogP contribution in [0.25, 0.3) is 0 Å². The van der Waals surface area contributed by atoms with Crippen molar-refractivity contribution in [2.45, 2.75) is 6.61 Å². The zero-order valence-corrected chi connectivity index (χ0v) is 10.4. The second kappa shape index (κ2) is 5.79. The molecule has 3 N–H and O–H groups in total. The van der Waals surface area contributed by atoms with Crippen LogP contribution in [0.5, 0.6) is 5.75 Å². The quantitative estimate of drug-likeness (QED) is 0.373. The molecule has 0 fully saturated rings. The largest absolute Gasteiger partial charge is 0.489 e. The van der Waals surface area contributed by atoms with Gasteiger partial charge < -0.3 is 10.5 Å². The molecule has 1 heterocycles. The Morgan fingerprint density at radius 1 is 1.35 bits per heavy atom. The molecule has 0 saturated carbocycles. The Labute approximate surface area is 114 Å². The van der Waals surface area contributed by atoms with Gasteiger partial charge in [0, 0.05) is 23.9 Å². The number of amidine groups is 1. The zero-order valence-electron chi connectivity index (χ0n) is 10.4. The molecule has 1 aromatic heterocycles. The van der Waals surface area contributed by atoms with Gasteiger partial charge in [0.1, 0.15) is 23.9 Å². The average molecular weight is 272 g/mol. The van der Waals surface area contributed by atoms with Crippen molar-refractivity contribution in [3.63, 3.8) is 0 Å². The molecular weight excluding hydrogens is 260 g/mol. The standard InChI is InChI=1S/C13H12N4O3/c14-13(15)12-9(2-1-7-16-12)8-20-11-5-3-10(4-6-11)17(18)19/h1-7H,8H2,(H3,14,15). The number of non-ortho nitro benzene ring substituents is 1. The number of pyridine rings is 1. The number of hydrogen-bond donors (Lipinski definition) is 2. The highest BCUT2D eigenvalue weighted by atomic mass is 16.6. The predicted octanol–water partition coefficient (Wildman–Crippen LogP) is 1.85. The number of nitrogens with two attached hydrogens (primary N) is 1. The number of rotatable bonds is 5. The molecule has 7 nitrogen and oxygen atoms in total. The molecule has 1 aromatic carbocycles. The fourth-order valence-corrected chi connectivity index (χ4v) is 1.62. The number of nitrogens with one attached hydrogen (secondary N) is 1. The van der Waals surface area contributed by atoms with Crippen LogP contribution in [0.15, 0.2) is 42.6 Å². The monoisotopic (exact) mass is 272 g/mol. The summed E-state index contributed by atoms with van der Waals surface area (Å²) in [7, 11) is 0. The second-order valence-corrected chi connectivity index (χ2v) is 3.96. The molecule has 2 rings (SSSR count). The zero-order chi connectivity index (χ0) is 14.5. The number of nitro benzene ring substituents is 1. The molecule has 0 spiro atoms. The predicted molar refractivity (Wildman–Crippen MR) is 72.7 cm³/mol. The summed E-state index contributed by atoms with van der Waals surface area (Å²) in [4.78, 5) is 14.1. The Morgan fingerprint density at radius 3 is 2.65 bits per heavy atom. The number of aromatic nitrogens is 1. The maximum Gasteiger partial charge on any atom is 0.269 e. The molecule has 0 unspecified atom stereocenters. The minimum absolute atomic E-state index is 0.00292. The van der Waals surface area contributed by atoms with Crippen LogP contribution in [0.4, 0.5) is 5.69 Å². The van der Waals surface area contributed by atoms with Crippen LogP contribution in [-0.4, -0.2) is 15.7 Å². The molecule has 0 amide bonds. The van der Waals surface area contributed by atoms with Gasteiger partial charge in [0.2, 0.25) is 0 Å². The lowest BCUT2D eigenvalue weighted by atomic mass is 10.2. The first-order chi connectivity index (χ1) is 9.58. The van der Waals surface area contributed by atoms with Crippen LogP contribution in [0.3, 0.4) is 0 Å². The third-order valence-corrected chi connectivity index (χ3v) is 2.59. The van der Waals surface area contributed by atoms with Gasteiger partial charge in [-0.1, -0.05) is 6.07 Å².